The summed E-state index contributed by atoms with van der Waals surface area (Å²) in [7, 11) is 0. The Kier molecular flexibility index (Phi) is 6.50. The maximum atomic E-state index is 11.6. The second-order valence-electron chi connectivity index (χ2n) is 4.20. The fraction of sp³-hybridized carbons (Fsp3) is 0.267. The summed E-state index contributed by atoms with van der Waals surface area (Å²) in [4.78, 5) is 11.6. The number of benzene rings is 1. The number of nitrogens with one attached hydrogen (secondary N) is 1. The monoisotopic (exact) mass is 325 g/mol. The van der Waals surface area contributed by atoms with E-state index >= 15 is 0 Å². The van der Waals surface area contributed by atoms with Gasteiger partial charge in [0.25, 0.3) is 5.91 Å². The number of hydrogen-bond donors (Lipinski definition) is 1. The number of hydrogen-bond acceptors (Lipinski definition) is 4. The van der Waals surface area contributed by atoms with Crippen LogP contribution in [-0.2, 0) is 10.5 Å². The normalized spacial score (nSPS) is 10.3. The van der Waals surface area contributed by atoms with Gasteiger partial charge < -0.3 is 14.5 Å². The lowest BCUT2D eigenvalue weighted by Gasteiger charge is -2.08. The zero-order chi connectivity index (χ0) is 14.9. The first kappa shape index (κ1) is 15.8. The third-order valence-corrected chi connectivity index (χ3v) is 3.88. The van der Waals surface area contributed by atoms with Gasteiger partial charge in [0, 0.05) is 12.3 Å². The molecular weight excluding hydrogens is 310 g/mol. The van der Waals surface area contributed by atoms with Gasteiger partial charge >= 0.3 is 0 Å². The minimum absolute atomic E-state index is 0.0351. The van der Waals surface area contributed by atoms with E-state index in [1.165, 1.54) is 0 Å². The highest BCUT2D eigenvalue weighted by molar-refractivity contribution is 7.98. The molecular formula is C15H16ClNO3S. The third kappa shape index (κ3) is 5.73. The number of rotatable bonds is 8. The predicted molar refractivity (Wildman–Crippen MR) is 84.8 cm³/mol. The highest BCUT2D eigenvalue weighted by Gasteiger charge is 2.04. The Morgan fingerprint density at radius 3 is 2.90 bits per heavy atom. The van der Waals surface area contributed by atoms with E-state index in [0.717, 1.165) is 17.3 Å². The van der Waals surface area contributed by atoms with Crippen LogP contribution in [0.25, 0.3) is 0 Å². The minimum atomic E-state index is -0.159. The van der Waals surface area contributed by atoms with E-state index in [0.29, 0.717) is 17.3 Å². The second-order valence-corrected chi connectivity index (χ2v) is 5.71. The van der Waals surface area contributed by atoms with Crippen molar-refractivity contribution in [3.8, 4) is 5.75 Å². The van der Waals surface area contributed by atoms with E-state index < -0.39 is 0 Å². The zero-order valence-electron chi connectivity index (χ0n) is 11.4. The number of furan rings is 1. The first-order valence-electron chi connectivity index (χ1n) is 6.50. The van der Waals surface area contributed by atoms with Crippen LogP contribution in [0.4, 0.5) is 0 Å². The maximum Gasteiger partial charge on any atom is 0.257 e. The number of amides is 1. The van der Waals surface area contributed by atoms with Crippen molar-refractivity contribution in [2.45, 2.75) is 5.75 Å². The standard InChI is InChI=1S/C15H16ClNO3S/c16-13-5-1-2-6-14(13)20-10-15(18)17-7-9-21-11-12-4-3-8-19-12/h1-6,8H,7,9-11H2,(H,17,18). The molecule has 0 saturated carbocycles. The molecule has 1 aromatic heterocycles. The van der Waals surface area contributed by atoms with Crippen LogP contribution in [0.2, 0.25) is 5.02 Å². The van der Waals surface area contributed by atoms with E-state index in [-0.39, 0.29) is 12.5 Å². The Bertz CT molecular complexity index is 560. The average molecular weight is 326 g/mol. The molecule has 1 N–H and O–H groups in total. The zero-order valence-corrected chi connectivity index (χ0v) is 13.0. The van der Waals surface area contributed by atoms with Crippen molar-refractivity contribution in [2.24, 2.45) is 0 Å². The van der Waals surface area contributed by atoms with Crippen LogP contribution in [0.1, 0.15) is 5.76 Å². The Hall–Kier alpha value is -1.59. The molecule has 112 valence electrons. The quantitative estimate of drug-likeness (QED) is 0.756. The highest BCUT2D eigenvalue weighted by atomic mass is 35.5. The Morgan fingerprint density at radius 2 is 2.14 bits per heavy atom. The summed E-state index contributed by atoms with van der Waals surface area (Å²) in [5, 5.41) is 3.29. The van der Waals surface area contributed by atoms with Crippen LogP contribution in [0, 0.1) is 0 Å². The lowest BCUT2D eigenvalue weighted by molar-refractivity contribution is -0.122. The fourth-order valence-corrected chi connectivity index (χ4v) is 2.53. The minimum Gasteiger partial charge on any atom is -0.482 e. The average Bonchev–Trinajstić information content (AvgIpc) is 2.99. The Morgan fingerprint density at radius 1 is 1.29 bits per heavy atom. The molecule has 0 aliphatic carbocycles. The molecule has 1 aromatic carbocycles. The second kappa shape index (κ2) is 8.64. The van der Waals surface area contributed by atoms with Gasteiger partial charge in [-0.25, -0.2) is 0 Å². The van der Waals surface area contributed by atoms with E-state index in [9.17, 15) is 4.79 Å². The van der Waals surface area contributed by atoms with Gasteiger partial charge in [0.15, 0.2) is 6.61 Å². The summed E-state index contributed by atoms with van der Waals surface area (Å²) in [5.74, 6) is 2.92. The van der Waals surface area contributed by atoms with Gasteiger partial charge in [-0.05, 0) is 24.3 Å². The van der Waals surface area contributed by atoms with Gasteiger partial charge in [0.2, 0.25) is 0 Å². The van der Waals surface area contributed by atoms with Crippen LogP contribution < -0.4 is 10.1 Å². The van der Waals surface area contributed by atoms with Gasteiger partial charge in [0.1, 0.15) is 11.5 Å². The van der Waals surface area contributed by atoms with Gasteiger partial charge in [-0.1, -0.05) is 23.7 Å². The van der Waals surface area contributed by atoms with Crippen molar-refractivity contribution >= 4 is 29.3 Å². The smallest absolute Gasteiger partial charge is 0.257 e. The molecule has 0 atom stereocenters. The van der Waals surface area contributed by atoms with Crippen LogP contribution in [0.5, 0.6) is 5.75 Å². The number of thioether (sulfide) groups is 1. The van der Waals surface area contributed by atoms with Gasteiger partial charge in [-0.3, -0.25) is 4.79 Å². The highest BCUT2D eigenvalue weighted by Crippen LogP contribution is 2.22. The van der Waals surface area contributed by atoms with E-state index in [1.54, 1.807) is 30.2 Å². The SMILES string of the molecule is O=C(COc1ccccc1Cl)NCCSCc1ccco1. The number of carbonyl (C=O) groups is 1. The topological polar surface area (TPSA) is 51.5 Å². The third-order valence-electron chi connectivity index (χ3n) is 2.59. The molecule has 21 heavy (non-hydrogen) atoms. The molecule has 0 radical (unpaired) electrons. The van der Waals surface area contributed by atoms with Crippen LogP contribution in [0.3, 0.4) is 0 Å². The van der Waals surface area contributed by atoms with Crippen molar-refractivity contribution < 1.29 is 13.9 Å². The van der Waals surface area contributed by atoms with Gasteiger partial charge in [-0.15, -0.1) is 0 Å². The maximum absolute atomic E-state index is 11.6. The molecule has 1 heterocycles. The molecule has 0 bridgehead atoms. The largest absolute Gasteiger partial charge is 0.482 e. The summed E-state index contributed by atoms with van der Waals surface area (Å²) in [6.07, 6.45) is 1.66. The van der Waals surface area contributed by atoms with Gasteiger partial charge in [0.05, 0.1) is 17.0 Å². The molecule has 0 aliphatic heterocycles. The van der Waals surface area contributed by atoms with Crippen molar-refractivity contribution in [3.63, 3.8) is 0 Å². The lowest BCUT2D eigenvalue weighted by Crippen LogP contribution is -2.30. The summed E-state index contributed by atoms with van der Waals surface area (Å²) in [6, 6.07) is 10.9. The molecule has 0 aliphatic rings. The van der Waals surface area contributed by atoms with Crippen LogP contribution in [-0.4, -0.2) is 24.8 Å². The molecule has 4 nitrogen and oxygen atoms in total. The lowest BCUT2D eigenvalue weighted by atomic mass is 10.3. The van der Waals surface area contributed by atoms with Gasteiger partial charge in [-0.2, -0.15) is 11.8 Å². The number of para-hydroxylation sites is 1. The molecule has 1 amide bonds. The summed E-state index contributed by atoms with van der Waals surface area (Å²) in [5.41, 5.74) is 0. The number of halogens is 1. The number of carbonyl (C=O) groups excluding carboxylic acids is 1. The molecule has 0 saturated heterocycles. The first-order chi connectivity index (χ1) is 10.3. The number of ether oxygens (including phenoxy) is 1. The molecule has 2 aromatic rings. The summed E-state index contributed by atoms with van der Waals surface area (Å²) < 4.78 is 10.6. The first-order valence-corrected chi connectivity index (χ1v) is 8.03. The molecule has 6 heteroatoms. The Balaban J connectivity index is 1.56. The predicted octanol–water partition coefficient (Wildman–Crippen LogP) is 3.36. The summed E-state index contributed by atoms with van der Waals surface area (Å²) in [6.45, 7) is 0.558. The van der Waals surface area contributed by atoms with Crippen molar-refractivity contribution in [1.82, 2.24) is 5.32 Å². The fourth-order valence-electron chi connectivity index (χ4n) is 1.59. The van der Waals surface area contributed by atoms with Crippen molar-refractivity contribution in [3.05, 3.63) is 53.4 Å². The summed E-state index contributed by atoms with van der Waals surface area (Å²) >= 11 is 7.63. The van der Waals surface area contributed by atoms with Crippen LogP contribution >= 0.6 is 23.4 Å². The van der Waals surface area contributed by atoms with Crippen molar-refractivity contribution in [2.75, 3.05) is 18.9 Å². The van der Waals surface area contributed by atoms with E-state index in [1.807, 2.05) is 24.3 Å². The Labute approximate surface area is 132 Å². The molecule has 0 fully saturated rings. The van der Waals surface area contributed by atoms with Crippen molar-refractivity contribution in [1.29, 1.82) is 0 Å². The van der Waals surface area contributed by atoms with Crippen LogP contribution in [0.15, 0.2) is 47.1 Å². The van der Waals surface area contributed by atoms with E-state index in [4.69, 9.17) is 20.8 Å². The molecule has 2 rings (SSSR count). The van der Waals surface area contributed by atoms with E-state index in [2.05, 4.69) is 5.32 Å². The molecule has 0 unspecified atom stereocenters. The molecule has 0 spiro atoms.